The maximum absolute atomic E-state index is 9.63. The second-order valence-electron chi connectivity index (χ2n) is 4.59. The Morgan fingerprint density at radius 3 is 2.18 bits per heavy atom. The van der Waals surface area contributed by atoms with Gasteiger partial charge in [-0.3, -0.25) is 0 Å². The molecule has 1 heteroatoms. The van der Waals surface area contributed by atoms with Gasteiger partial charge < -0.3 is 5.11 Å². The van der Waals surface area contributed by atoms with Gasteiger partial charge in [-0.05, 0) is 25.2 Å². The van der Waals surface area contributed by atoms with Crippen molar-refractivity contribution in [3.8, 4) is 0 Å². The van der Waals surface area contributed by atoms with Crippen LogP contribution < -0.4 is 0 Å². The second kappa shape index (κ2) is 2.63. The minimum atomic E-state index is -0.150. The zero-order valence-electron chi connectivity index (χ0n) is 7.72. The smallest absolute Gasteiger partial charge is 0.0610 e. The molecule has 1 fully saturated rings. The maximum atomic E-state index is 9.63. The van der Waals surface area contributed by atoms with E-state index in [4.69, 9.17) is 0 Å². The third kappa shape index (κ3) is 1.84. The quantitative estimate of drug-likeness (QED) is 0.575. The first-order chi connectivity index (χ1) is 4.92. The molecular formula is C10H18O. The fourth-order valence-electron chi connectivity index (χ4n) is 2.03. The highest BCUT2D eigenvalue weighted by atomic mass is 16.3. The van der Waals surface area contributed by atoms with Gasteiger partial charge in [0.2, 0.25) is 0 Å². The van der Waals surface area contributed by atoms with Gasteiger partial charge in [-0.15, -0.1) is 0 Å². The molecule has 0 aliphatic heterocycles. The van der Waals surface area contributed by atoms with Gasteiger partial charge in [0.25, 0.3) is 0 Å². The van der Waals surface area contributed by atoms with E-state index < -0.39 is 0 Å². The van der Waals surface area contributed by atoms with E-state index in [1.54, 1.807) is 0 Å². The Bertz CT molecular complexity index is 170. The Morgan fingerprint density at radius 2 is 2.00 bits per heavy atom. The first-order valence-electron chi connectivity index (χ1n) is 4.26. The summed E-state index contributed by atoms with van der Waals surface area (Å²) >= 11 is 0. The van der Waals surface area contributed by atoms with E-state index in [9.17, 15) is 5.11 Å². The van der Waals surface area contributed by atoms with Crippen molar-refractivity contribution in [3.05, 3.63) is 12.2 Å². The third-order valence-corrected chi connectivity index (χ3v) is 2.63. The molecule has 1 aliphatic carbocycles. The molecule has 1 saturated carbocycles. The molecule has 0 aromatic carbocycles. The maximum Gasteiger partial charge on any atom is 0.0610 e. The van der Waals surface area contributed by atoms with Crippen molar-refractivity contribution >= 4 is 0 Å². The predicted molar refractivity (Wildman–Crippen MR) is 47.3 cm³/mol. The van der Waals surface area contributed by atoms with E-state index in [1.165, 1.54) is 0 Å². The van der Waals surface area contributed by atoms with E-state index in [0.29, 0.717) is 11.3 Å². The SMILES string of the molecule is C=C(C)[C@H]1CC(C)(C)C[C@@H]1O. The van der Waals surface area contributed by atoms with Crippen molar-refractivity contribution in [2.75, 3.05) is 0 Å². The molecule has 0 amide bonds. The summed E-state index contributed by atoms with van der Waals surface area (Å²) in [6.07, 6.45) is 1.86. The normalized spacial score (nSPS) is 35.6. The van der Waals surface area contributed by atoms with Gasteiger partial charge >= 0.3 is 0 Å². The Kier molecular flexibility index (Phi) is 2.10. The molecule has 0 spiro atoms. The molecule has 1 N–H and O–H groups in total. The molecule has 0 unspecified atom stereocenters. The van der Waals surface area contributed by atoms with E-state index in [-0.39, 0.29) is 6.10 Å². The van der Waals surface area contributed by atoms with Crippen LogP contribution in [0.3, 0.4) is 0 Å². The molecular weight excluding hydrogens is 136 g/mol. The van der Waals surface area contributed by atoms with Gasteiger partial charge in [0.1, 0.15) is 0 Å². The number of aliphatic hydroxyl groups is 1. The second-order valence-corrected chi connectivity index (χ2v) is 4.59. The Morgan fingerprint density at radius 1 is 1.45 bits per heavy atom. The van der Waals surface area contributed by atoms with Crippen LogP contribution in [0.5, 0.6) is 0 Å². The topological polar surface area (TPSA) is 20.2 Å². The summed E-state index contributed by atoms with van der Waals surface area (Å²) in [6.45, 7) is 10.3. The van der Waals surface area contributed by atoms with Crippen molar-refractivity contribution in [1.82, 2.24) is 0 Å². The van der Waals surface area contributed by atoms with Crippen LogP contribution in [0, 0.1) is 11.3 Å². The van der Waals surface area contributed by atoms with Crippen molar-refractivity contribution < 1.29 is 5.11 Å². The van der Waals surface area contributed by atoms with E-state index >= 15 is 0 Å². The summed E-state index contributed by atoms with van der Waals surface area (Å²) in [5.41, 5.74) is 1.44. The lowest BCUT2D eigenvalue weighted by molar-refractivity contribution is 0.141. The molecule has 0 saturated heterocycles. The van der Waals surface area contributed by atoms with Gasteiger partial charge in [-0.2, -0.15) is 0 Å². The first kappa shape index (κ1) is 8.79. The van der Waals surface area contributed by atoms with E-state index in [1.807, 2.05) is 6.92 Å². The molecule has 11 heavy (non-hydrogen) atoms. The van der Waals surface area contributed by atoms with Gasteiger partial charge in [-0.25, -0.2) is 0 Å². The van der Waals surface area contributed by atoms with Crippen molar-refractivity contribution in [1.29, 1.82) is 0 Å². The Balaban J connectivity index is 2.66. The first-order valence-corrected chi connectivity index (χ1v) is 4.26. The number of hydrogen-bond acceptors (Lipinski definition) is 1. The molecule has 0 aromatic heterocycles. The average Bonchev–Trinajstić information content (AvgIpc) is 2.05. The van der Waals surface area contributed by atoms with Gasteiger partial charge in [0.15, 0.2) is 0 Å². The average molecular weight is 154 g/mol. The molecule has 1 aliphatic rings. The highest BCUT2D eigenvalue weighted by Crippen LogP contribution is 2.43. The van der Waals surface area contributed by atoms with Gasteiger partial charge in [0.05, 0.1) is 6.10 Å². The zero-order chi connectivity index (χ0) is 8.65. The minimum Gasteiger partial charge on any atom is -0.392 e. The summed E-state index contributed by atoms with van der Waals surface area (Å²) in [7, 11) is 0. The van der Waals surface area contributed by atoms with Crippen LogP contribution >= 0.6 is 0 Å². The predicted octanol–water partition coefficient (Wildman–Crippen LogP) is 2.36. The highest BCUT2D eigenvalue weighted by Gasteiger charge is 2.38. The lowest BCUT2D eigenvalue weighted by Gasteiger charge is -2.16. The summed E-state index contributed by atoms with van der Waals surface area (Å²) in [5.74, 6) is 0.338. The lowest BCUT2D eigenvalue weighted by atomic mass is 9.89. The van der Waals surface area contributed by atoms with Crippen molar-refractivity contribution in [2.24, 2.45) is 11.3 Å². The van der Waals surface area contributed by atoms with Crippen LogP contribution in [0.15, 0.2) is 12.2 Å². The lowest BCUT2D eigenvalue weighted by Crippen LogP contribution is -2.13. The number of aliphatic hydroxyl groups excluding tert-OH is 1. The van der Waals surface area contributed by atoms with E-state index in [0.717, 1.165) is 18.4 Å². The molecule has 0 aromatic rings. The molecule has 1 nitrogen and oxygen atoms in total. The minimum absolute atomic E-state index is 0.150. The van der Waals surface area contributed by atoms with Crippen LogP contribution in [-0.4, -0.2) is 11.2 Å². The Hall–Kier alpha value is -0.300. The van der Waals surface area contributed by atoms with E-state index in [2.05, 4.69) is 20.4 Å². The van der Waals surface area contributed by atoms with Crippen LogP contribution in [0.4, 0.5) is 0 Å². The Labute approximate surface area is 69.1 Å². The summed E-state index contributed by atoms with van der Waals surface area (Å²) < 4.78 is 0. The third-order valence-electron chi connectivity index (χ3n) is 2.63. The molecule has 0 radical (unpaired) electrons. The highest BCUT2D eigenvalue weighted by molar-refractivity contribution is 5.05. The monoisotopic (exact) mass is 154 g/mol. The number of hydrogen-bond donors (Lipinski definition) is 1. The molecule has 64 valence electrons. The van der Waals surface area contributed by atoms with Gasteiger partial charge in [0, 0.05) is 5.92 Å². The van der Waals surface area contributed by atoms with Crippen LogP contribution in [-0.2, 0) is 0 Å². The summed E-state index contributed by atoms with van der Waals surface area (Å²) in [6, 6.07) is 0. The van der Waals surface area contributed by atoms with Crippen LogP contribution in [0.25, 0.3) is 0 Å². The van der Waals surface area contributed by atoms with Gasteiger partial charge in [-0.1, -0.05) is 26.0 Å². The number of rotatable bonds is 1. The summed E-state index contributed by atoms with van der Waals surface area (Å²) in [4.78, 5) is 0. The zero-order valence-corrected chi connectivity index (χ0v) is 7.72. The molecule has 0 heterocycles. The molecule has 1 rings (SSSR count). The fraction of sp³-hybridized carbons (Fsp3) is 0.800. The standard InChI is InChI=1S/C10H18O/c1-7(2)8-5-10(3,4)6-9(8)11/h8-9,11H,1,5-6H2,2-4H3/t8-,9+/m1/s1. The summed E-state index contributed by atoms with van der Waals surface area (Å²) in [5, 5.41) is 9.63. The van der Waals surface area contributed by atoms with Crippen LogP contribution in [0.2, 0.25) is 0 Å². The van der Waals surface area contributed by atoms with Crippen molar-refractivity contribution in [2.45, 2.75) is 39.7 Å². The molecule has 0 bridgehead atoms. The van der Waals surface area contributed by atoms with Crippen LogP contribution in [0.1, 0.15) is 33.6 Å². The van der Waals surface area contributed by atoms with Crippen molar-refractivity contribution in [3.63, 3.8) is 0 Å². The fourth-order valence-corrected chi connectivity index (χ4v) is 2.03. The molecule has 2 atom stereocenters. The largest absolute Gasteiger partial charge is 0.392 e.